The molecule has 0 heterocycles. The molecule has 0 aromatic rings. The molecule has 0 aliphatic carbocycles. The summed E-state index contributed by atoms with van der Waals surface area (Å²) in [5.41, 5.74) is 0. The summed E-state index contributed by atoms with van der Waals surface area (Å²) in [4.78, 5) is 0. The van der Waals surface area contributed by atoms with E-state index in [1.165, 1.54) is 0 Å². The molecule has 0 aromatic carbocycles. The molecule has 0 spiro atoms. The van der Waals surface area contributed by atoms with Gasteiger partial charge in [0.2, 0.25) is 0 Å². The predicted octanol–water partition coefficient (Wildman–Crippen LogP) is 5.32. The Balaban J connectivity index is 5.01. The molecule has 0 N–H and O–H groups in total. The van der Waals surface area contributed by atoms with Gasteiger partial charge in [-0.3, -0.25) is 0 Å². The Labute approximate surface area is 134 Å². The number of sulfone groups is 1. The quantitative estimate of drug-likeness (QED) is 0.546. The van der Waals surface area contributed by atoms with Crippen LogP contribution in [-0.2, 0) is 9.84 Å². The van der Waals surface area contributed by atoms with Crippen molar-refractivity contribution in [3.05, 3.63) is 0 Å². The van der Waals surface area contributed by atoms with Crippen LogP contribution in [0.4, 0.5) is 0 Å². The maximum Gasteiger partial charge on any atom is 0.156 e. The second-order valence-corrected chi connectivity index (χ2v) is 9.91. The molecule has 0 amide bonds. The van der Waals surface area contributed by atoms with Gasteiger partial charge in [-0.25, -0.2) is 8.42 Å². The highest BCUT2D eigenvalue weighted by Crippen LogP contribution is 2.31. The zero-order chi connectivity index (χ0) is 16.8. The molecule has 0 radical (unpaired) electrons. The Morgan fingerprint density at radius 1 is 0.667 bits per heavy atom. The van der Waals surface area contributed by atoms with Crippen LogP contribution in [0.15, 0.2) is 0 Å². The molecule has 0 aromatic heterocycles. The van der Waals surface area contributed by atoms with E-state index in [4.69, 9.17) is 0 Å². The van der Waals surface area contributed by atoms with Crippen LogP contribution in [0.3, 0.4) is 0 Å². The summed E-state index contributed by atoms with van der Waals surface area (Å²) in [6.07, 6.45) is 4.46. The van der Waals surface area contributed by atoms with Crippen molar-refractivity contribution in [3.8, 4) is 0 Å². The molecule has 0 fully saturated rings. The summed E-state index contributed by atoms with van der Waals surface area (Å²) in [5.74, 6) is 1.39. The Morgan fingerprint density at radius 3 is 1.19 bits per heavy atom. The standard InChI is InChI=1S/C18H38O2S/c1-9-11-13(3)15(5)17(7)21(19,20)18(8)16(6)14(4)12-10-2/h13-18H,9-12H2,1-8H3. The lowest BCUT2D eigenvalue weighted by atomic mass is 9.89. The van der Waals surface area contributed by atoms with E-state index in [1.54, 1.807) is 0 Å². The fourth-order valence-electron chi connectivity index (χ4n) is 3.30. The van der Waals surface area contributed by atoms with Crippen molar-refractivity contribution in [3.63, 3.8) is 0 Å². The molecule has 21 heavy (non-hydrogen) atoms. The monoisotopic (exact) mass is 318 g/mol. The second kappa shape index (κ2) is 9.17. The van der Waals surface area contributed by atoms with Gasteiger partial charge in [0.15, 0.2) is 9.84 Å². The minimum atomic E-state index is -3.06. The van der Waals surface area contributed by atoms with Crippen LogP contribution < -0.4 is 0 Å². The molecular formula is C18H38O2S. The van der Waals surface area contributed by atoms with E-state index in [2.05, 4.69) is 41.5 Å². The average molecular weight is 319 g/mol. The maximum absolute atomic E-state index is 12.9. The largest absolute Gasteiger partial charge is 0.228 e. The molecular weight excluding hydrogens is 280 g/mol. The van der Waals surface area contributed by atoms with Gasteiger partial charge in [0.05, 0.1) is 10.5 Å². The van der Waals surface area contributed by atoms with Gasteiger partial charge in [-0.05, 0) is 37.5 Å². The highest BCUT2D eigenvalue weighted by molar-refractivity contribution is 7.92. The van der Waals surface area contributed by atoms with Crippen LogP contribution in [0.25, 0.3) is 0 Å². The van der Waals surface area contributed by atoms with Crippen molar-refractivity contribution in [2.45, 2.75) is 91.6 Å². The number of rotatable bonds is 10. The molecule has 0 aliphatic heterocycles. The van der Waals surface area contributed by atoms with Crippen LogP contribution in [-0.4, -0.2) is 18.9 Å². The summed E-state index contributed by atoms with van der Waals surface area (Å²) in [7, 11) is -3.06. The summed E-state index contributed by atoms with van der Waals surface area (Å²) in [6.45, 7) is 16.8. The van der Waals surface area contributed by atoms with Crippen molar-refractivity contribution in [1.82, 2.24) is 0 Å². The average Bonchev–Trinajstić information content (AvgIpc) is 2.44. The van der Waals surface area contributed by atoms with Crippen molar-refractivity contribution in [2.24, 2.45) is 23.7 Å². The van der Waals surface area contributed by atoms with Gasteiger partial charge < -0.3 is 0 Å². The fourth-order valence-corrected chi connectivity index (χ4v) is 5.71. The third-order valence-electron chi connectivity index (χ3n) is 5.80. The summed E-state index contributed by atoms with van der Waals surface area (Å²) >= 11 is 0. The lowest BCUT2D eigenvalue weighted by molar-refractivity contribution is 0.331. The van der Waals surface area contributed by atoms with Crippen LogP contribution in [0.5, 0.6) is 0 Å². The predicted molar refractivity (Wildman–Crippen MR) is 94.3 cm³/mol. The van der Waals surface area contributed by atoms with Gasteiger partial charge in [0.25, 0.3) is 0 Å². The topological polar surface area (TPSA) is 34.1 Å². The lowest BCUT2D eigenvalue weighted by Gasteiger charge is -2.32. The minimum Gasteiger partial charge on any atom is -0.228 e. The number of hydrogen-bond donors (Lipinski definition) is 0. The molecule has 6 unspecified atom stereocenters. The second-order valence-electron chi connectivity index (χ2n) is 7.25. The van der Waals surface area contributed by atoms with Gasteiger partial charge in [-0.2, -0.15) is 0 Å². The van der Waals surface area contributed by atoms with E-state index in [0.717, 1.165) is 25.7 Å². The molecule has 2 nitrogen and oxygen atoms in total. The Bertz CT molecular complexity index is 345. The van der Waals surface area contributed by atoms with Crippen molar-refractivity contribution in [2.75, 3.05) is 0 Å². The van der Waals surface area contributed by atoms with Crippen LogP contribution in [0.1, 0.15) is 81.1 Å². The van der Waals surface area contributed by atoms with Crippen molar-refractivity contribution < 1.29 is 8.42 Å². The smallest absolute Gasteiger partial charge is 0.156 e. The first-order chi connectivity index (χ1) is 9.61. The summed E-state index contributed by atoms with van der Waals surface area (Å²) in [6, 6.07) is 0. The Kier molecular flexibility index (Phi) is 9.15. The summed E-state index contributed by atoms with van der Waals surface area (Å²) < 4.78 is 25.9. The molecule has 0 saturated carbocycles. The van der Waals surface area contributed by atoms with Crippen molar-refractivity contribution in [1.29, 1.82) is 0 Å². The first-order valence-electron chi connectivity index (χ1n) is 8.83. The Morgan fingerprint density at radius 2 is 0.952 bits per heavy atom. The van der Waals surface area contributed by atoms with E-state index in [1.807, 2.05) is 13.8 Å². The minimum absolute atomic E-state index is 0.228. The third kappa shape index (κ3) is 5.58. The Hall–Kier alpha value is -0.0500. The van der Waals surface area contributed by atoms with E-state index >= 15 is 0 Å². The molecule has 0 aliphatic rings. The number of hydrogen-bond acceptors (Lipinski definition) is 2. The summed E-state index contributed by atoms with van der Waals surface area (Å²) in [5, 5.41) is -0.490. The highest BCUT2D eigenvalue weighted by Gasteiger charge is 2.37. The third-order valence-corrected chi connectivity index (χ3v) is 8.73. The van der Waals surface area contributed by atoms with Gasteiger partial charge in [-0.15, -0.1) is 0 Å². The molecule has 0 rings (SSSR count). The first-order valence-corrected chi connectivity index (χ1v) is 10.4. The fraction of sp³-hybridized carbons (Fsp3) is 1.00. The van der Waals surface area contributed by atoms with E-state index in [-0.39, 0.29) is 22.3 Å². The van der Waals surface area contributed by atoms with Gasteiger partial charge in [0.1, 0.15) is 0 Å². The van der Waals surface area contributed by atoms with E-state index in [0.29, 0.717) is 11.8 Å². The highest BCUT2D eigenvalue weighted by atomic mass is 32.2. The van der Waals surface area contributed by atoms with Gasteiger partial charge in [-0.1, -0.05) is 67.2 Å². The van der Waals surface area contributed by atoms with E-state index in [9.17, 15) is 8.42 Å². The van der Waals surface area contributed by atoms with Crippen LogP contribution >= 0.6 is 0 Å². The van der Waals surface area contributed by atoms with Crippen molar-refractivity contribution >= 4 is 9.84 Å². The molecule has 6 atom stereocenters. The molecule has 128 valence electrons. The van der Waals surface area contributed by atoms with Crippen LogP contribution in [0, 0.1) is 23.7 Å². The van der Waals surface area contributed by atoms with Crippen LogP contribution in [0.2, 0.25) is 0 Å². The maximum atomic E-state index is 12.9. The molecule has 0 saturated heterocycles. The molecule has 3 heteroatoms. The normalized spacial score (nSPS) is 21.3. The zero-order valence-electron chi connectivity index (χ0n) is 15.5. The van der Waals surface area contributed by atoms with Gasteiger partial charge in [0, 0.05) is 0 Å². The SMILES string of the molecule is CCCC(C)C(C)C(C)S(=O)(=O)C(C)C(C)C(C)CCC. The first kappa shape index (κ1) is 20.9. The lowest BCUT2D eigenvalue weighted by Crippen LogP contribution is -2.39. The van der Waals surface area contributed by atoms with E-state index < -0.39 is 9.84 Å². The zero-order valence-corrected chi connectivity index (χ0v) is 16.3. The molecule has 0 bridgehead atoms. The van der Waals surface area contributed by atoms with Gasteiger partial charge >= 0.3 is 0 Å².